The molecule has 0 atom stereocenters. The number of piperazine rings is 1. The predicted octanol–water partition coefficient (Wildman–Crippen LogP) is 5.57. The van der Waals surface area contributed by atoms with Gasteiger partial charge in [0.15, 0.2) is 5.65 Å². The number of anilines is 5. The van der Waals surface area contributed by atoms with Gasteiger partial charge in [0, 0.05) is 49.3 Å². The van der Waals surface area contributed by atoms with Crippen LogP contribution in [0.25, 0.3) is 11.2 Å². The second kappa shape index (κ2) is 10.1. The van der Waals surface area contributed by atoms with E-state index in [2.05, 4.69) is 73.4 Å². The van der Waals surface area contributed by atoms with Crippen LogP contribution in [0.1, 0.15) is 38.1 Å². The lowest BCUT2D eigenvalue weighted by atomic mass is 9.95. The number of hydrogen-bond acceptors (Lipinski definition) is 7. The quantitative estimate of drug-likeness (QED) is 0.372. The van der Waals surface area contributed by atoms with Crippen LogP contribution >= 0.6 is 0 Å². The lowest BCUT2D eigenvalue weighted by molar-refractivity contribution is 0.313. The Morgan fingerprint density at radius 1 is 0.778 bits per heavy atom. The van der Waals surface area contributed by atoms with Gasteiger partial charge in [0.1, 0.15) is 5.52 Å². The molecule has 0 radical (unpaired) electrons. The fourth-order valence-corrected chi connectivity index (χ4v) is 5.32. The summed E-state index contributed by atoms with van der Waals surface area (Å²) in [7, 11) is 2.18. The lowest BCUT2D eigenvalue weighted by Gasteiger charge is -2.34. The van der Waals surface area contributed by atoms with Gasteiger partial charge in [-0.05, 0) is 56.3 Å². The van der Waals surface area contributed by atoms with Gasteiger partial charge in [-0.1, -0.05) is 37.5 Å². The van der Waals surface area contributed by atoms with Crippen LogP contribution in [0.3, 0.4) is 0 Å². The Morgan fingerprint density at radius 2 is 1.50 bits per heavy atom. The summed E-state index contributed by atoms with van der Waals surface area (Å²) in [5.41, 5.74) is 4.97. The van der Waals surface area contributed by atoms with Gasteiger partial charge in [0.25, 0.3) is 0 Å². The molecule has 36 heavy (non-hydrogen) atoms. The van der Waals surface area contributed by atoms with Gasteiger partial charge >= 0.3 is 0 Å². The van der Waals surface area contributed by atoms with E-state index in [0.29, 0.717) is 12.0 Å². The fraction of sp³-hybridized carbons (Fsp3) is 0.393. The second-order valence-electron chi connectivity index (χ2n) is 9.95. The molecule has 3 heterocycles. The second-order valence-corrected chi connectivity index (χ2v) is 9.95. The zero-order valence-electron chi connectivity index (χ0n) is 20.9. The molecule has 0 amide bonds. The fourth-order valence-electron chi connectivity index (χ4n) is 5.32. The molecule has 0 spiro atoms. The van der Waals surface area contributed by atoms with Crippen molar-refractivity contribution in [1.29, 1.82) is 0 Å². The van der Waals surface area contributed by atoms with Crippen molar-refractivity contribution in [1.82, 2.24) is 24.4 Å². The minimum Gasteiger partial charge on any atom is -0.369 e. The van der Waals surface area contributed by atoms with Crippen LogP contribution in [0.4, 0.5) is 29.0 Å². The highest BCUT2D eigenvalue weighted by molar-refractivity contribution is 5.77. The number of nitrogens with one attached hydrogen (secondary N) is 2. The van der Waals surface area contributed by atoms with Gasteiger partial charge in [-0.3, -0.25) is 4.57 Å². The van der Waals surface area contributed by atoms with Crippen molar-refractivity contribution in [3.05, 3.63) is 60.8 Å². The first-order valence-electron chi connectivity index (χ1n) is 13.1. The van der Waals surface area contributed by atoms with Gasteiger partial charge < -0.3 is 20.4 Å². The third-order valence-corrected chi connectivity index (χ3v) is 7.39. The molecule has 4 aromatic rings. The van der Waals surface area contributed by atoms with Crippen LogP contribution < -0.4 is 15.5 Å². The van der Waals surface area contributed by atoms with E-state index in [9.17, 15) is 0 Å². The van der Waals surface area contributed by atoms with Gasteiger partial charge in [-0.25, -0.2) is 9.97 Å². The number of rotatable bonds is 6. The summed E-state index contributed by atoms with van der Waals surface area (Å²) in [5, 5.41) is 6.94. The van der Waals surface area contributed by atoms with E-state index >= 15 is 0 Å². The number of nitrogens with zero attached hydrogens (tertiary/aromatic N) is 6. The summed E-state index contributed by atoms with van der Waals surface area (Å²) in [4.78, 5) is 19.2. The molecule has 1 saturated carbocycles. The minimum absolute atomic E-state index is 0.389. The average molecular weight is 483 g/mol. The molecule has 2 aliphatic rings. The van der Waals surface area contributed by atoms with E-state index in [1.165, 1.54) is 24.9 Å². The highest BCUT2D eigenvalue weighted by Gasteiger charge is 2.23. The lowest BCUT2D eigenvalue weighted by Crippen LogP contribution is -2.44. The highest BCUT2D eigenvalue weighted by atomic mass is 15.3. The number of fused-ring (bicyclic) bond motifs is 1. The molecule has 2 fully saturated rings. The molecule has 2 N–H and O–H groups in total. The number of likely N-dealkylation sites (N-methyl/N-ethyl adjacent to an activating group) is 1. The van der Waals surface area contributed by atoms with Crippen LogP contribution in [0.2, 0.25) is 0 Å². The maximum Gasteiger partial charge on any atom is 0.229 e. The SMILES string of the molecule is CN1CCN(c2ccc(Nc3ncc4nc(Nc5ccccc5)n(C5CCCCC5)c4n3)cc2)CC1. The van der Waals surface area contributed by atoms with E-state index in [1.807, 2.05) is 24.4 Å². The van der Waals surface area contributed by atoms with Crippen molar-refractivity contribution in [2.75, 3.05) is 48.8 Å². The molecule has 1 saturated heterocycles. The van der Waals surface area contributed by atoms with E-state index in [1.54, 1.807) is 0 Å². The zero-order valence-corrected chi connectivity index (χ0v) is 20.9. The van der Waals surface area contributed by atoms with Gasteiger partial charge in [0.2, 0.25) is 11.9 Å². The summed E-state index contributed by atoms with van der Waals surface area (Å²) in [6, 6.07) is 19.2. The Morgan fingerprint density at radius 3 is 2.25 bits per heavy atom. The summed E-state index contributed by atoms with van der Waals surface area (Å²) in [5.74, 6) is 1.43. The molecule has 1 aliphatic carbocycles. The number of aromatic nitrogens is 4. The summed E-state index contributed by atoms with van der Waals surface area (Å²) >= 11 is 0. The Labute approximate surface area is 212 Å². The molecule has 0 unspecified atom stereocenters. The standard InChI is InChI=1S/C28H34N8/c1-34-16-18-35(19-17-34)23-14-12-22(13-15-23)30-27-29-20-25-26(33-27)36(24-10-6-3-7-11-24)28(32-25)31-21-8-4-2-5-9-21/h2,4-5,8-9,12-15,20,24H,3,6-7,10-11,16-19H2,1H3,(H,31,32)(H,29,30,33). The van der Waals surface area contributed by atoms with E-state index in [4.69, 9.17) is 9.97 Å². The van der Waals surface area contributed by atoms with E-state index in [-0.39, 0.29) is 0 Å². The van der Waals surface area contributed by atoms with E-state index in [0.717, 1.165) is 67.5 Å². The minimum atomic E-state index is 0.389. The third kappa shape index (κ3) is 4.86. The molecule has 1 aliphatic heterocycles. The van der Waals surface area contributed by atoms with Crippen LogP contribution in [0.5, 0.6) is 0 Å². The van der Waals surface area contributed by atoms with Crippen LogP contribution in [-0.4, -0.2) is 57.6 Å². The molecular formula is C28H34N8. The number of imidazole rings is 1. The van der Waals surface area contributed by atoms with Crippen molar-refractivity contribution in [3.8, 4) is 0 Å². The molecular weight excluding hydrogens is 448 g/mol. The molecule has 0 bridgehead atoms. The van der Waals surface area contributed by atoms with Gasteiger partial charge in [-0.15, -0.1) is 0 Å². The Bertz CT molecular complexity index is 1290. The van der Waals surface area contributed by atoms with Crippen molar-refractivity contribution >= 4 is 40.1 Å². The number of benzene rings is 2. The topological polar surface area (TPSA) is 74.1 Å². The number of hydrogen-bond donors (Lipinski definition) is 2. The number of para-hydroxylation sites is 1. The molecule has 2 aromatic carbocycles. The van der Waals surface area contributed by atoms with Gasteiger partial charge in [0.05, 0.1) is 6.20 Å². The van der Waals surface area contributed by atoms with Gasteiger partial charge in [-0.2, -0.15) is 4.98 Å². The molecule has 2 aromatic heterocycles. The van der Waals surface area contributed by atoms with Crippen LogP contribution in [0.15, 0.2) is 60.8 Å². The maximum atomic E-state index is 4.95. The largest absolute Gasteiger partial charge is 0.369 e. The Kier molecular flexibility index (Phi) is 6.42. The van der Waals surface area contributed by atoms with E-state index < -0.39 is 0 Å². The predicted molar refractivity (Wildman–Crippen MR) is 147 cm³/mol. The smallest absolute Gasteiger partial charge is 0.229 e. The molecule has 8 nitrogen and oxygen atoms in total. The average Bonchev–Trinajstić information content (AvgIpc) is 3.28. The Balaban J connectivity index is 1.27. The Hall–Kier alpha value is -3.65. The summed E-state index contributed by atoms with van der Waals surface area (Å²) in [6.07, 6.45) is 7.91. The summed E-state index contributed by atoms with van der Waals surface area (Å²) < 4.78 is 2.30. The van der Waals surface area contributed by atoms with Crippen LogP contribution in [-0.2, 0) is 0 Å². The molecule has 186 valence electrons. The first-order chi connectivity index (χ1) is 17.7. The first kappa shape index (κ1) is 22.8. The van der Waals surface area contributed by atoms with Crippen molar-refractivity contribution < 1.29 is 0 Å². The van der Waals surface area contributed by atoms with Crippen molar-refractivity contribution in [2.45, 2.75) is 38.1 Å². The molecule has 8 heteroatoms. The maximum absolute atomic E-state index is 4.95. The third-order valence-electron chi connectivity index (χ3n) is 7.39. The molecule has 6 rings (SSSR count). The summed E-state index contributed by atoms with van der Waals surface area (Å²) in [6.45, 7) is 4.33. The normalized spacial score (nSPS) is 17.4. The zero-order chi connectivity index (χ0) is 24.3. The monoisotopic (exact) mass is 482 g/mol. The van der Waals surface area contributed by atoms with Crippen molar-refractivity contribution in [3.63, 3.8) is 0 Å². The van der Waals surface area contributed by atoms with Crippen LogP contribution in [0, 0.1) is 0 Å². The van der Waals surface area contributed by atoms with Crippen molar-refractivity contribution in [2.24, 2.45) is 0 Å². The first-order valence-corrected chi connectivity index (χ1v) is 13.1. The highest BCUT2D eigenvalue weighted by Crippen LogP contribution is 2.35.